The number of aromatic nitrogens is 2. The van der Waals surface area contributed by atoms with E-state index in [9.17, 15) is 13.2 Å². The molecular weight excluding hydrogens is 438 g/mol. The van der Waals surface area contributed by atoms with Crippen molar-refractivity contribution in [2.75, 3.05) is 39.3 Å². The number of fused-ring (bicyclic) bond motifs is 1. The fraction of sp³-hybridized carbons (Fsp3) is 0.417. The third-order valence-electron chi connectivity index (χ3n) is 6.52. The molecule has 0 atom stereocenters. The molecule has 2 aliphatic rings. The molecule has 2 aliphatic heterocycles. The predicted octanol–water partition coefficient (Wildman–Crippen LogP) is 2.47. The quantitative estimate of drug-likeness (QED) is 0.576. The minimum Gasteiger partial charge on any atom is -0.336 e. The summed E-state index contributed by atoms with van der Waals surface area (Å²) in [7, 11) is -3.48. The molecule has 174 valence electrons. The third-order valence-corrected chi connectivity index (χ3v) is 8.43. The Morgan fingerprint density at radius 1 is 0.879 bits per heavy atom. The van der Waals surface area contributed by atoms with Gasteiger partial charge >= 0.3 is 0 Å². The normalized spacial score (nSPS) is 18.6. The highest BCUT2D eigenvalue weighted by Crippen LogP contribution is 2.21. The second-order valence-corrected chi connectivity index (χ2v) is 10.7. The predicted molar refractivity (Wildman–Crippen MR) is 125 cm³/mol. The SMILES string of the molecule is O=C(c1ccc(S(=O)(=O)N2CCCCC2)cc1)N1CCN(Cc2cc3ccccn3n2)CC1. The van der Waals surface area contributed by atoms with Crippen molar-refractivity contribution >= 4 is 21.4 Å². The van der Waals surface area contributed by atoms with Crippen LogP contribution in [0.5, 0.6) is 0 Å². The topological polar surface area (TPSA) is 78.2 Å². The van der Waals surface area contributed by atoms with Crippen molar-refractivity contribution < 1.29 is 13.2 Å². The Morgan fingerprint density at radius 2 is 1.61 bits per heavy atom. The van der Waals surface area contributed by atoms with E-state index in [1.54, 1.807) is 28.6 Å². The fourth-order valence-corrected chi connectivity index (χ4v) is 6.13. The maximum Gasteiger partial charge on any atom is 0.253 e. The molecule has 0 saturated carbocycles. The number of piperazine rings is 1. The molecule has 0 aliphatic carbocycles. The van der Waals surface area contributed by atoms with Crippen LogP contribution in [0.15, 0.2) is 59.6 Å². The lowest BCUT2D eigenvalue weighted by Crippen LogP contribution is -2.48. The van der Waals surface area contributed by atoms with Crippen molar-refractivity contribution in [2.24, 2.45) is 0 Å². The van der Waals surface area contributed by atoms with Crippen LogP contribution in [-0.2, 0) is 16.6 Å². The maximum absolute atomic E-state index is 13.0. The molecule has 1 amide bonds. The van der Waals surface area contributed by atoms with Crippen LogP contribution in [0.1, 0.15) is 35.3 Å². The number of rotatable bonds is 5. The minimum atomic E-state index is -3.48. The lowest BCUT2D eigenvalue weighted by Gasteiger charge is -2.34. The molecule has 0 spiro atoms. The first-order valence-electron chi connectivity index (χ1n) is 11.6. The lowest BCUT2D eigenvalue weighted by atomic mass is 10.2. The van der Waals surface area contributed by atoms with Gasteiger partial charge in [-0.25, -0.2) is 12.9 Å². The molecular formula is C24H29N5O3S. The number of piperidine rings is 1. The van der Waals surface area contributed by atoms with Crippen molar-refractivity contribution in [3.05, 3.63) is 66.0 Å². The molecule has 5 rings (SSSR count). The first kappa shape index (κ1) is 22.1. The Kier molecular flexibility index (Phi) is 6.18. The molecule has 0 N–H and O–H groups in total. The van der Waals surface area contributed by atoms with E-state index in [0.717, 1.165) is 50.1 Å². The van der Waals surface area contributed by atoms with Crippen LogP contribution < -0.4 is 0 Å². The van der Waals surface area contributed by atoms with E-state index in [-0.39, 0.29) is 10.8 Å². The number of pyridine rings is 1. The molecule has 2 saturated heterocycles. The summed E-state index contributed by atoms with van der Waals surface area (Å²) in [5.74, 6) is -0.0516. The van der Waals surface area contributed by atoms with E-state index < -0.39 is 10.0 Å². The van der Waals surface area contributed by atoms with E-state index in [2.05, 4.69) is 16.1 Å². The Balaban J connectivity index is 1.18. The molecule has 0 bridgehead atoms. The van der Waals surface area contributed by atoms with Gasteiger partial charge in [-0.15, -0.1) is 0 Å². The third kappa shape index (κ3) is 4.66. The monoisotopic (exact) mass is 467 g/mol. The number of nitrogens with zero attached hydrogens (tertiary/aromatic N) is 5. The molecule has 0 unspecified atom stereocenters. The van der Waals surface area contributed by atoms with Crippen LogP contribution in [0, 0.1) is 0 Å². The highest BCUT2D eigenvalue weighted by molar-refractivity contribution is 7.89. The fourth-order valence-electron chi connectivity index (χ4n) is 4.61. The van der Waals surface area contributed by atoms with E-state index in [1.807, 2.05) is 33.8 Å². The average molecular weight is 468 g/mol. The molecule has 0 radical (unpaired) electrons. The van der Waals surface area contributed by atoms with Gasteiger partial charge in [-0.05, 0) is 55.3 Å². The van der Waals surface area contributed by atoms with Gasteiger partial charge in [0.25, 0.3) is 5.91 Å². The van der Waals surface area contributed by atoms with Crippen LogP contribution in [0.3, 0.4) is 0 Å². The second kappa shape index (κ2) is 9.24. The standard InChI is InChI=1S/C24H29N5O3S/c30-24(20-7-9-23(10-8-20)33(31,32)28-11-3-1-4-12-28)27-16-14-26(15-17-27)19-21-18-22-6-2-5-13-29(22)25-21/h2,5-10,13,18H,1,3-4,11-12,14-17,19H2. The Labute approximate surface area is 194 Å². The van der Waals surface area contributed by atoms with E-state index in [0.29, 0.717) is 31.7 Å². The summed E-state index contributed by atoms with van der Waals surface area (Å²) < 4.78 is 29.1. The van der Waals surface area contributed by atoms with Crippen LogP contribution in [0.2, 0.25) is 0 Å². The number of benzene rings is 1. The van der Waals surface area contributed by atoms with Crippen molar-refractivity contribution in [3.8, 4) is 0 Å². The summed E-state index contributed by atoms with van der Waals surface area (Å²) in [6.07, 6.45) is 4.82. The van der Waals surface area contributed by atoms with Gasteiger partial charge in [-0.2, -0.15) is 9.40 Å². The van der Waals surface area contributed by atoms with Gasteiger partial charge in [0.15, 0.2) is 0 Å². The highest BCUT2D eigenvalue weighted by Gasteiger charge is 2.27. The first-order chi connectivity index (χ1) is 16.0. The van der Waals surface area contributed by atoms with Gasteiger partial charge in [-0.3, -0.25) is 9.69 Å². The molecule has 2 aromatic heterocycles. The summed E-state index contributed by atoms with van der Waals surface area (Å²) in [6, 6.07) is 14.5. The Hall–Kier alpha value is -2.75. The smallest absolute Gasteiger partial charge is 0.253 e. The van der Waals surface area contributed by atoms with Crippen LogP contribution in [-0.4, -0.2) is 77.3 Å². The minimum absolute atomic E-state index is 0.0516. The lowest BCUT2D eigenvalue weighted by molar-refractivity contribution is 0.0627. The van der Waals surface area contributed by atoms with Crippen LogP contribution in [0.25, 0.3) is 5.52 Å². The zero-order valence-corrected chi connectivity index (χ0v) is 19.5. The number of carbonyl (C=O) groups excluding carboxylic acids is 1. The Bertz CT molecular complexity index is 1190. The van der Waals surface area contributed by atoms with Gasteiger partial charge in [0.05, 0.1) is 16.1 Å². The van der Waals surface area contributed by atoms with Gasteiger partial charge in [0.1, 0.15) is 0 Å². The van der Waals surface area contributed by atoms with Gasteiger partial charge in [0.2, 0.25) is 10.0 Å². The second-order valence-electron chi connectivity index (χ2n) is 8.76. The summed E-state index contributed by atoms with van der Waals surface area (Å²) in [6.45, 7) is 4.74. The van der Waals surface area contributed by atoms with E-state index >= 15 is 0 Å². The number of hydrogen-bond donors (Lipinski definition) is 0. The Morgan fingerprint density at radius 3 is 2.30 bits per heavy atom. The molecule has 3 aromatic rings. The summed E-state index contributed by atoms with van der Waals surface area (Å²) in [5, 5.41) is 4.61. The molecule has 33 heavy (non-hydrogen) atoms. The molecule has 1 aromatic carbocycles. The number of carbonyl (C=O) groups is 1. The van der Waals surface area contributed by atoms with Crippen LogP contribution >= 0.6 is 0 Å². The number of sulfonamides is 1. The van der Waals surface area contributed by atoms with Crippen molar-refractivity contribution in [1.82, 2.24) is 23.7 Å². The molecule has 8 nitrogen and oxygen atoms in total. The zero-order valence-electron chi connectivity index (χ0n) is 18.6. The molecule has 4 heterocycles. The van der Waals surface area contributed by atoms with Gasteiger partial charge in [-0.1, -0.05) is 12.5 Å². The molecule has 2 fully saturated rings. The van der Waals surface area contributed by atoms with Crippen LogP contribution in [0.4, 0.5) is 0 Å². The summed E-state index contributed by atoms with van der Waals surface area (Å²) >= 11 is 0. The van der Waals surface area contributed by atoms with E-state index in [4.69, 9.17) is 0 Å². The maximum atomic E-state index is 13.0. The number of amides is 1. The van der Waals surface area contributed by atoms with Crippen molar-refractivity contribution in [2.45, 2.75) is 30.7 Å². The van der Waals surface area contributed by atoms with Gasteiger partial charge < -0.3 is 4.90 Å². The summed E-state index contributed by atoms with van der Waals surface area (Å²) in [5.41, 5.74) is 2.62. The van der Waals surface area contributed by atoms with Gasteiger partial charge in [0, 0.05) is 57.6 Å². The zero-order chi connectivity index (χ0) is 22.8. The summed E-state index contributed by atoms with van der Waals surface area (Å²) in [4.78, 5) is 17.4. The average Bonchev–Trinajstić information content (AvgIpc) is 3.27. The largest absolute Gasteiger partial charge is 0.336 e. The van der Waals surface area contributed by atoms with E-state index in [1.165, 1.54) is 0 Å². The van der Waals surface area contributed by atoms with Crippen molar-refractivity contribution in [1.29, 1.82) is 0 Å². The van der Waals surface area contributed by atoms with Crippen molar-refractivity contribution in [3.63, 3.8) is 0 Å². The first-order valence-corrected chi connectivity index (χ1v) is 13.0. The number of hydrogen-bond acceptors (Lipinski definition) is 5. The highest BCUT2D eigenvalue weighted by atomic mass is 32.2. The molecule has 9 heteroatoms.